The molecule has 1 aliphatic rings. The highest BCUT2D eigenvalue weighted by atomic mass is 79.9. The SMILES string of the molecule is Fc1cc(F)cc(NC2CCc3cc(Br)ccc32)c1. The standard InChI is InChI=1S/C15H12BrF2N/c16-10-2-3-14-9(5-10)1-4-15(14)19-13-7-11(17)6-12(18)8-13/h2-3,5-8,15,19H,1,4H2. The van der Waals surface area contributed by atoms with E-state index in [1.165, 1.54) is 23.3 Å². The molecule has 2 aromatic carbocycles. The Morgan fingerprint density at radius 3 is 2.53 bits per heavy atom. The third kappa shape index (κ3) is 2.63. The number of hydrogen-bond acceptors (Lipinski definition) is 1. The maximum absolute atomic E-state index is 13.2. The number of aryl methyl sites for hydroxylation is 1. The molecule has 0 aliphatic heterocycles. The first-order chi connectivity index (χ1) is 9.11. The van der Waals surface area contributed by atoms with E-state index in [-0.39, 0.29) is 6.04 Å². The van der Waals surface area contributed by atoms with Gasteiger partial charge in [-0.25, -0.2) is 8.78 Å². The topological polar surface area (TPSA) is 12.0 Å². The Labute approximate surface area is 118 Å². The lowest BCUT2D eigenvalue weighted by Crippen LogP contribution is -2.07. The highest BCUT2D eigenvalue weighted by molar-refractivity contribution is 9.10. The van der Waals surface area contributed by atoms with Crippen LogP contribution in [-0.2, 0) is 6.42 Å². The van der Waals surface area contributed by atoms with Crippen molar-refractivity contribution >= 4 is 21.6 Å². The van der Waals surface area contributed by atoms with Crippen LogP contribution in [0.4, 0.5) is 14.5 Å². The second-order valence-corrected chi connectivity index (χ2v) is 5.65. The number of fused-ring (bicyclic) bond motifs is 1. The Hall–Kier alpha value is -1.42. The molecule has 0 bridgehead atoms. The number of nitrogens with one attached hydrogen (secondary N) is 1. The zero-order chi connectivity index (χ0) is 13.4. The van der Waals surface area contributed by atoms with Crippen molar-refractivity contribution in [1.82, 2.24) is 0 Å². The molecular weight excluding hydrogens is 312 g/mol. The summed E-state index contributed by atoms with van der Waals surface area (Å²) in [5.74, 6) is -1.12. The molecule has 1 unspecified atom stereocenters. The fourth-order valence-corrected chi connectivity index (χ4v) is 2.98. The Balaban J connectivity index is 1.86. The summed E-state index contributed by atoms with van der Waals surface area (Å²) in [6, 6.07) is 9.78. The van der Waals surface area contributed by atoms with Crippen LogP contribution in [0.2, 0.25) is 0 Å². The second-order valence-electron chi connectivity index (χ2n) is 4.74. The molecule has 98 valence electrons. The van der Waals surface area contributed by atoms with E-state index >= 15 is 0 Å². The lowest BCUT2D eigenvalue weighted by Gasteiger charge is -2.15. The van der Waals surface area contributed by atoms with E-state index in [0.717, 1.165) is 23.4 Å². The Morgan fingerprint density at radius 2 is 1.79 bits per heavy atom. The van der Waals surface area contributed by atoms with Crippen molar-refractivity contribution in [3.63, 3.8) is 0 Å². The van der Waals surface area contributed by atoms with Crippen molar-refractivity contribution in [3.05, 3.63) is 63.6 Å². The van der Waals surface area contributed by atoms with Gasteiger partial charge in [0, 0.05) is 16.2 Å². The molecule has 0 fully saturated rings. The van der Waals surface area contributed by atoms with Crippen LogP contribution in [0.1, 0.15) is 23.6 Å². The molecule has 1 aliphatic carbocycles. The predicted molar refractivity (Wildman–Crippen MR) is 75.2 cm³/mol. The lowest BCUT2D eigenvalue weighted by atomic mass is 10.1. The zero-order valence-corrected chi connectivity index (χ0v) is 11.7. The van der Waals surface area contributed by atoms with Crippen LogP contribution in [0.3, 0.4) is 0 Å². The molecule has 0 amide bonds. The zero-order valence-electron chi connectivity index (χ0n) is 10.1. The second kappa shape index (κ2) is 4.93. The van der Waals surface area contributed by atoms with Gasteiger partial charge in [-0.1, -0.05) is 22.0 Å². The van der Waals surface area contributed by atoms with Crippen LogP contribution in [0, 0.1) is 11.6 Å². The van der Waals surface area contributed by atoms with E-state index < -0.39 is 11.6 Å². The van der Waals surface area contributed by atoms with Gasteiger partial charge in [-0.3, -0.25) is 0 Å². The van der Waals surface area contributed by atoms with Crippen molar-refractivity contribution < 1.29 is 8.78 Å². The van der Waals surface area contributed by atoms with Crippen molar-refractivity contribution in [3.8, 4) is 0 Å². The minimum absolute atomic E-state index is 0.115. The highest BCUT2D eigenvalue weighted by Crippen LogP contribution is 2.35. The normalized spacial score (nSPS) is 17.3. The molecule has 0 aromatic heterocycles. The average Bonchev–Trinajstić information content (AvgIpc) is 2.70. The fraction of sp³-hybridized carbons (Fsp3) is 0.200. The predicted octanol–water partition coefficient (Wildman–Crippen LogP) is 4.83. The van der Waals surface area contributed by atoms with E-state index in [1.807, 2.05) is 6.07 Å². The molecule has 1 atom stereocenters. The molecule has 3 rings (SSSR count). The Bertz CT molecular complexity index is 607. The van der Waals surface area contributed by atoms with Gasteiger partial charge >= 0.3 is 0 Å². The molecule has 2 aromatic rings. The van der Waals surface area contributed by atoms with Gasteiger partial charge in [-0.2, -0.15) is 0 Å². The van der Waals surface area contributed by atoms with Crippen LogP contribution in [-0.4, -0.2) is 0 Å². The van der Waals surface area contributed by atoms with Crippen LogP contribution in [0.25, 0.3) is 0 Å². The molecule has 0 spiro atoms. The molecule has 0 heterocycles. The maximum Gasteiger partial charge on any atom is 0.128 e. The van der Waals surface area contributed by atoms with Gasteiger partial charge in [-0.15, -0.1) is 0 Å². The fourth-order valence-electron chi connectivity index (χ4n) is 2.57. The van der Waals surface area contributed by atoms with Crippen molar-refractivity contribution in [2.45, 2.75) is 18.9 Å². The van der Waals surface area contributed by atoms with Gasteiger partial charge in [0.2, 0.25) is 0 Å². The first-order valence-corrected chi connectivity index (χ1v) is 6.92. The van der Waals surface area contributed by atoms with Crippen molar-refractivity contribution in [2.24, 2.45) is 0 Å². The van der Waals surface area contributed by atoms with Gasteiger partial charge in [0.25, 0.3) is 0 Å². The summed E-state index contributed by atoms with van der Waals surface area (Å²) < 4.78 is 27.4. The van der Waals surface area contributed by atoms with Gasteiger partial charge in [0.1, 0.15) is 11.6 Å². The maximum atomic E-state index is 13.2. The van der Waals surface area contributed by atoms with Crippen molar-refractivity contribution in [2.75, 3.05) is 5.32 Å². The number of rotatable bonds is 2. The van der Waals surface area contributed by atoms with Crippen LogP contribution >= 0.6 is 15.9 Å². The lowest BCUT2D eigenvalue weighted by molar-refractivity contribution is 0.583. The molecule has 1 N–H and O–H groups in total. The summed E-state index contributed by atoms with van der Waals surface area (Å²) >= 11 is 3.45. The minimum atomic E-state index is -0.559. The van der Waals surface area contributed by atoms with E-state index in [1.54, 1.807) is 0 Å². The molecule has 19 heavy (non-hydrogen) atoms. The van der Waals surface area contributed by atoms with E-state index in [9.17, 15) is 8.78 Å². The molecule has 4 heteroatoms. The van der Waals surface area contributed by atoms with Crippen LogP contribution in [0.5, 0.6) is 0 Å². The number of halogens is 3. The van der Waals surface area contributed by atoms with Crippen LogP contribution < -0.4 is 5.32 Å². The first kappa shape index (κ1) is 12.6. The Kier molecular flexibility index (Phi) is 3.27. The van der Waals surface area contributed by atoms with Gasteiger partial charge < -0.3 is 5.32 Å². The summed E-state index contributed by atoms with van der Waals surface area (Å²) in [4.78, 5) is 0. The molecule has 0 radical (unpaired) electrons. The van der Waals surface area contributed by atoms with Gasteiger partial charge in [-0.05, 0) is 48.2 Å². The summed E-state index contributed by atoms with van der Waals surface area (Å²) in [5.41, 5.74) is 2.97. The first-order valence-electron chi connectivity index (χ1n) is 6.13. The van der Waals surface area contributed by atoms with Crippen molar-refractivity contribution in [1.29, 1.82) is 0 Å². The minimum Gasteiger partial charge on any atom is -0.378 e. The van der Waals surface area contributed by atoms with Gasteiger partial charge in [0.15, 0.2) is 0 Å². The van der Waals surface area contributed by atoms with Gasteiger partial charge in [0.05, 0.1) is 6.04 Å². The third-order valence-electron chi connectivity index (χ3n) is 3.39. The largest absolute Gasteiger partial charge is 0.378 e. The molecular formula is C15H12BrF2N. The number of hydrogen-bond donors (Lipinski definition) is 1. The van der Waals surface area contributed by atoms with E-state index in [2.05, 4.69) is 33.4 Å². The third-order valence-corrected chi connectivity index (χ3v) is 3.88. The summed E-state index contributed by atoms with van der Waals surface area (Å²) in [5, 5.41) is 3.20. The summed E-state index contributed by atoms with van der Waals surface area (Å²) in [6.07, 6.45) is 1.91. The summed E-state index contributed by atoms with van der Waals surface area (Å²) in [6.45, 7) is 0. The number of benzene rings is 2. The molecule has 0 saturated heterocycles. The van der Waals surface area contributed by atoms with E-state index in [4.69, 9.17) is 0 Å². The highest BCUT2D eigenvalue weighted by Gasteiger charge is 2.22. The monoisotopic (exact) mass is 323 g/mol. The van der Waals surface area contributed by atoms with Crippen LogP contribution in [0.15, 0.2) is 40.9 Å². The summed E-state index contributed by atoms with van der Waals surface area (Å²) in [7, 11) is 0. The molecule has 0 saturated carbocycles. The smallest absolute Gasteiger partial charge is 0.128 e. The average molecular weight is 324 g/mol. The Morgan fingerprint density at radius 1 is 1.05 bits per heavy atom. The quantitative estimate of drug-likeness (QED) is 0.834. The number of anilines is 1. The molecule has 1 nitrogen and oxygen atoms in total. The van der Waals surface area contributed by atoms with E-state index in [0.29, 0.717) is 5.69 Å².